The molecule has 0 fully saturated rings. The van der Waals surface area contributed by atoms with E-state index in [1.54, 1.807) is 0 Å². The van der Waals surface area contributed by atoms with E-state index in [4.69, 9.17) is 18.0 Å². The van der Waals surface area contributed by atoms with E-state index in [2.05, 4.69) is 10.1 Å². The molecule has 2 aromatic rings. The Hall–Kier alpha value is -3.15. The quantitative estimate of drug-likeness (QED) is 0.371. The Morgan fingerprint density at radius 2 is 2.12 bits per heavy atom. The van der Waals surface area contributed by atoms with Crippen molar-refractivity contribution in [1.82, 2.24) is 15.0 Å². The number of aromatic nitrogens is 2. The molecule has 0 saturated heterocycles. The van der Waals surface area contributed by atoms with Gasteiger partial charge in [-0.3, -0.25) is 14.3 Å². The molecule has 0 spiro atoms. The number of halogens is 3. The highest BCUT2D eigenvalue weighted by Gasteiger charge is 2.30. The highest BCUT2D eigenvalue weighted by molar-refractivity contribution is 7.71. The molecule has 8 nitrogen and oxygen atoms in total. The minimum absolute atomic E-state index is 0.133. The molecule has 0 aliphatic rings. The van der Waals surface area contributed by atoms with Gasteiger partial charge in [-0.15, -0.1) is 0 Å². The van der Waals surface area contributed by atoms with E-state index in [1.165, 1.54) is 6.07 Å². The van der Waals surface area contributed by atoms with Gasteiger partial charge >= 0.3 is 12.2 Å². The standard InChI is InChI=1S/C13H10F3N5O3S/c14-13(15,16)6-2-1-3-7(4-6)21-10(23)8(5-18-20-11(17)24)9(22)19-12(21)25/h1-5,23H,(H3,17,20,24)(H,19,22,25). The van der Waals surface area contributed by atoms with E-state index < -0.39 is 34.8 Å². The molecule has 25 heavy (non-hydrogen) atoms. The Balaban J connectivity index is 2.63. The van der Waals surface area contributed by atoms with Crippen LogP contribution in [0.5, 0.6) is 5.88 Å². The van der Waals surface area contributed by atoms with Gasteiger partial charge in [-0.1, -0.05) is 6.07 Å². The number of rotatable bonds is 3. The van der Waals surface area contributed by atoms with E-state index in [9.17, 15) is 27.9 Å². The van der Waals surface area contributed by atoms with Crippen LogP contribution in [-0.4, -0.2) is 26.9 Å². The topological polar surface area (TPSA) is 126 Å². The highest BCUT2D eigenvalue weighted by atomic mass is 32.1. The molecule has 0 aliphatic carbocycles. The molecule has 2 amide bonds. The van der Waals surface area contributed by atoms with Crippen LogP contribution in [-0.2, 0) is 6.18 Å². The lowest BCUT2D eigenvalue weighted by atomic mass is 10.2. The smallest absolute Gasteiger partial charge is 0.416 e. The van der Waals surface area contributed by atoms with E-state index in [1.807, 2.05) is 5.43 Å². The van der Waals surface area contributed by atoms with Gasteiger partial charge < -0.3 is 10.8 Å². The third kappa shape index (κ3) is 4.03. The van der Waals surface area contributed by atoms with Crippen LogP contribution in [0.3, 0.4) is 0 Å². The van der Waals surface area contributed by atoms with Crippen molar-refractivity contribution in [3.63, 3.8) is 0 Å². The van der Waals surface area contributed by atoms with Gasteiger partial charge in [0.2, 0.25) is 5.88 Å². The number of urea groups is 1. The molecule has 0 bridgehead atoms. The van der Waals surface area contributed by atoms with Crippen molar-refractivity contribution in [2.75, 3.05) is 0 Å². The summed E-state index contributed by atoms with van der Waals surface area (Å²) in [5.41, 5.74) is 4.20. The summed E-state index contributed by atoms with van der Waals surface area (Å²) in [6.07, 6.45) is -3.83. The molecule has 0 atom stereocenters. The fraction of sp³-hybridized carbons (Fsp3) is 0.0769. The summed E-state index contributed by atoms with van der Waals surface area (Å²) in [6, 6.07) is 2.95. The fourth-order valence-electron chi connectivity index (χ4n) is 1.88. The van der Waals surface area contributed by atoms with Crippen LogP contribution < -0.4 is 16.7 Å². The number of alkyl halides is 3. The summed E-state index contributed by atoms with van der Waals surface area (Å²) in [7, 11) is 0. The molecule has 0 radical (unpaired) electrons. The lowest BCUT2D eigenvalue weighted by Gasteiger charge is -2.13. The number of H-pyrrole nitrogens is 1. The maximum absolute atomic E-state index is 12.8. The number of primary amides is 1. The first-order valence-electron chi connectivity index (χ1n) is 6.45. The van der Waals surface area contributed by atoms with Crippen LogP contribution in [0.1, 0.15) is 11.1 Å². The molecule has 1 heterocycles. The predicted octanol–water partition coefficient (Wildman–Crippen LogP) is 1.62. The second kappa shape index (κ2) is 6.76. The number of nitrogens with zero attached hydrogens (tertiary/aromatic N) is 2. The van der Waals surface area contributed by atoms with Gasteiger partial charge in [0.1, 0.15) is 5.56 Å². The Morgan fingerprint density at radius 1 is 1.44 bits per heavy atom. The molecule has 0 unspecified atom stereocenters. The van der Waals surface area contributed by atoms with Gasteiger partial charge in [0.05, 0.1) is 17.5 Å². The van der Waals surface area contributed by atoms with Crippen molar-refractivity contribution < 1.29 is 23.1 Å². The van der Waals surface area contributed by atoms with Crippen LogP contribution >= 0.6 is 12.2 Å². The zero-order chi connectivity index (χ0) is 18.8. The third-order valence-corrected chi connectivity index (χ3v) is 3.21. The minimum Gasteiger partial charge on any atom is -0.494 e. The molecule has 12 heteroatoms. The van der Waals surface area contributed by atoms with Crippen LogP contribution in [0.2, 0.25) is 0 Å². The summed E-state index contributed by atoms with van der Waals surface area (Å²) in [5.74, 6) is -0.761. The number of nitrogens with one attached hydrogen (secondary N) is 2. The van der Waals surface area contributed by atoms with Crippen molar-refractivity contribution in [1.29, 1.82) is 0 Å². The maximum atomic E-state index is 12.8. The summed E-state index contributed by atoms with van der Waals surface area (Å²) >= 11 is 4.89. The first-order valence-corrected chi connectivity index (χ1v) is 6.86. The second-order valence-corrected chi connectivity index (χ2v) is 5.00. The summed E-state index contributed by atoms with van der Waals surface area (Å²) in [4.78, 5) is 24.6. The number of aromatic hydroxyl groups is 1. The Kier molecular flexibility index (Phi) is 4.92. The van der Waals surface area contributed by atoms with Gasteiger partial charge in [-0.2, -0.15) is 18.3 Å². The number of carbonyl (C=O) groups is 1. The molecular weight excluding hydrogens is 363 g/mol. The predicted molar refractivity (Wildman–Crippen MR) is 84.2 cm³/mol. The lowest BCUT2D eigenvalue weighted by Crippen LogP contribution is -2.25. The number of nitrogens with two attached hydrogens (primary N) is 1. The minimum atomic E-state index is -4.61. The summed E-state index contributed by atoms with van der Waals surface area (Å²) in [6.45, 7) is 0. The fourth-order valence-corrected chi connectivity index (χ4v) is 2.16. The Labute approximate surface area is 142 Å². The Morgan fingerprint density at radius 3 is 2.72 bits per heavy atom. The van der Waals surface area contributed by atoms with Gasteiger partial charge in [-0.05, 0) is 30.4 Å². The number of amides is 2. The van der Waals surface area contributed by atoms with Crippen LogP contribution in [0.4, 0.5) is 18.0 Å². The third-order valence-electron chi connectivity index (χ3n) is 2.92. The maximum Gasteiger partial charge on any atom is 0.416 e. The van der Waals surface area contributed by atoms with Crippen molar-refractivity contribution in [3.05, 3.63) is 50.5 Å². The number of carbonyl (C=O) groups excluding carboxylic acids is 1. The molecular formula is C13H10F3N5O3S. The highest BCUT2D eigenvalue weighted by Crippen LogP contribution is 2.31. The van der Waals surface area contributed by atoms with Crippen LogP contribution in [0.15, 0.2) is 34.2 Å². The first kappa shape index (κ1) is 18.2. The molecule has 132 valence electrons. The van der Waals surface area contributed by atoms with Crippen LogP contribution in [0, 0.1) is 4.77 Å². The number of hydrazone groups is 1. The SMILES string of the molecule is NC(=O)NN=Cc1c(O)n(-c2cccc(C(F)(F)F)c2)c(=S)[nH]c1=O. The number of benzene rings is 1. The number of aromatic amines is 1. The zero-order valence-corrected chi connectivity index (χ0v) is 13.0. The summed E-state index contributed by atoms with van der Waals surface area (Å²) in [5, 5.41) is 13.5. The van der Waals surface area contributed by atoms with Crippen molar-refractivity contribution in [2.45, 2.75) is 6.18 Å². The molecule has 5 N–H and O–H groups in total. The lowest BCUT2D eigenvalue weighted by molar-refractivity contribution is -0.137. The monoisotopic (exact) mass is 373 g/mol. The van der Waals surface area contributed by atoms with E-state index in [0.717, 1.165) is 29.0 Å². The average molecular weight is 373 g/mol. The van der Waals surface area contributed by atoms with E-state index in [0.29, 0.717) is 0 Å². The van der Waals surface area contributed by atoms with Crippen molar-refractivity contribution in [2.24, 2.45) is 10.8 Å². The molecule has 1 aromatic heterocycles. The normalized spacial score (nSPS) is 11.6. The first-order chi connectivity index (χ1) is 11.6. The average Bonchev–Trinajstić information content (AvgIpc) is 2.49. The summed E-state index contributed by atoms with van der Waals surface area (Å²) < 4.78 is 39.0. The van der Waals surface area contributed by atoms with Crippen molar-refractivity contribution >= 4 is 24.5 Å². The largest absolute Gasteiger partial charge is 0.494 e. The zero-order valence-electron chi connectivity index (χ0n) is 12.2. The van der Waals surface area contributed by atoms with Gasteiger partial charge in [0.15, 0.2) is 4.77 Å². The van der Waals surface area contributed by atoms with E-state index >= 15 is 0 Å². The molecule has 2 rings (SSSR count). The van der Waals surface area contributed by atoms with Gasteiger partial charge in [0, 0.05) is 0 Å². The Bertz CT molecular complexity index is 965. The van der Waals surface area contributed by atoms with Crippen molar-refractivity contribution in [3.8, 4) is 11.6 Å². The molecule has 1 aromatic carbocycles. The van der Waals surface area contributed by atoms with Crippen LogP contribution in [0.25, 0.3) is 5.69 Å². The number of hydrogen-bond acceptors (Lipinski definition) is 5. The number of hydrogen-bond donors (Lipinski definition) is 4. The van der Waals surface area contributed by atoms with Gasteiger partial charge in [-0.25, -0.2) is 10.2 Å². The molecule has 0 saturated carbocycles. The van der Waals surface area contributed by atoms with E-state index in [-0.39, 0.29) is 10.5 Å². The molecule has 0 aliphatic heterocycles. The second-order valence-electron chi connectivity index (χ2n) is 4.61. The van der Waals surface area contributed by atoms with Gasteiger partial charge in [0.25, 0.3) is 5.56 Å².